The van der Waals surface area contributed by atoms with Crippen LogP contribution in [0.15, 0.2) is 0 Å². The molecule has 1 aromatic rings. The fourth-order valence-corrected chi connectivity index (χ4v) is 4.04. The Kier molecular flexibility index (Phi) is 6.02. The van der Waals surface area contributed by atoms with Crippen molar-refractivity contribution in [3.05, 3.63) is 10.6 Å². The molecule has 0 spiro atoms. The molecule has 0 saturated carbocycles. The summed E-state index contributed by atoms with van der Waals surface area (Å²) in [6.07, 6.45) is 1.33. The minimum absolute atomic E-state index is 0.487. The Morgan fingerprint density at radius 1 is 1.33 bits per heavy atom. The summed E-state index contributed by atoms with van der Waals surface area (Å²) in [7, 11) is 1.74. The third-order valence-corrected chi connectivity index (χ3v) is 5.02. The van der Waals surface area contributed by atoms with Gasteiger partial charge in [0.15, 0.2) is 5.13 Å². The van der Waals surface area contributed by atoms with Crippen LogP contribution in [0.1, 0.15) is 44.7 Å². The average Bonchev–Trinajstić information content (AvgIpc) is 2.79. The first-order valence-electron chi connectivity index (χ1n) is 7.95. The third-order valence-electron chi connectivity index (χ3n) is 3.86. The number of hydrogen-bond donors (Lipinski definition) is 1. The number of nitrogens with zero attached hydrogens (tertiary/aromatic N) is 2. The minimum atomic E-state index is 0.487. The molecule has 2 unspecified atom stereocenters. The van der Waals surface area contributed by atoms with Crippen LogP contribution in [0.3, 0.4) is 0 Å². The summed E-state index contributed by atoms with van der Waals surface area (Å²) >= 11 is 1.82. The SMILES string of the molecule is COCc1nc(N2CC(C)CC(C)C2)sc1CNC(C)C. The normalized spacial score (nSPS) is 23.0. The maximum absolute atomic E-state index is 5.32. The van der Waals surface area contributed by atoms with Gasteiger partial charge in [0, 0.05) is 37.7 Å². The van der Waals surface area contributed by atoms with Crippen LogP contribution in [0.25, 0.3) is 0 Å². The van der Waals surface area contributed by atoms with Gasteiger partial charge in [-0.05, 0) is 18.3 Å². The molecule has 120 valence electrons. The lowest BCUT2D eigenvalue weighted by Gasteiger charge is -2.34. The molecule has 2 heterocycles. The molecule has 1 fully saturated rings. The van der Waals surface area contributed by atoms with Gasteiger partial charge < -0.3 is 15.0 Å². The van der Waals surface area contributed by atoms with Crippen molar-refractivity contribution < 1.29 is 4.74 Å². The van der Waals surface area contributed by atoms with Gasteiger partial charge in [0.05, 0.1) is 12.3 Å². The van der Waals surface area contributed by atoms with Gasteiger partial charge in [0.1, 0.15) is 0 Å². The molecule has 1 aliphatic rings. The molecule has 21 heavy (non-hydrogen) atoms. The van der Waals surface area contributed by atoms with Crippen LogP contribution < -0.4 is 10.2 Å². The highest BCUT2D eigenvalue weighted by Crippen LogP contribution is 2.31. The zero-order chi connectivity index (χ0) is 15.4. The van der Waals surface area contributed by atoms with Crippen molar-refractivity contribution in [3.63, 3.8) is 0 Å². The summed E-state index contributed by atoms with van der Waals surface area (Å²) in [5, 5.41) is 4.66. The van der Waals surface area contributed by atoms with E-state index in [0.29, 0.717) is 12.6 Å². The van der Waals surface area contributed by atoms with Gasteiger partial charge in [-0.1, -0.05) is 27.7 Å². The molecule has 0 aromatic carbocycles. The van der Waals surface area contributed by atoms with Crippen LogP contribution in [0.4, 0.5) is 5.13 Å². The van der Waals surface area contributed by atoms with Gasteiger partial charge in [-0.3, -0.25) is 0 Å². The first-order valence-corrected chi connectivity index (χ1v) is 8.77. The Balaban J connectivity index is 2.13. The summed E-state index contributed by atoms with van der Waals surface area (Å²) in [6, 6.07) is 0.487. The summed E-state index contributed by atoms with van der Waals surface area (Å²) < 4.78 is 5.32. The van der Waals surface area contributed by atoms with Gasteiger partial charge in [-0.25, -0.2) is 4.98 Å². The van der Waals surface area contributed by atoms with E-state index in [4.69, 9.17) is 9.72 Å². The smallest absolute Gasteiger partial charge is 0.185 e. The minimum Gasteiger partial charge on any atom is -0.378 e. The third kappa shape index (κ3) is 4.66. The van der Waals surface area contributed by atoms with E-state index in [9.17, 15) is 0 Å². The predicted octanol–water partition coefficient (Wildman–Crippen LogP) is 3.27. The molecule has 0 radical (unpaired) electrons. The van der Waals surface area contributed by atoms with E-state index in [1.165, 1.54) is 16.4 Å². The Hall–Kier alpha value is -0.650. The van der Waals surface area contributed by atoms with E-state index in [-0.39, 0.29) is 0 Å². The van der Waals surface area contributed by atoms with Crippen LogP contribution in [0.2, 0.25) is 0 Å². The summed E-state index contributed by atoms with van der Waals surface area (Å²) in [4.78, 5) is 8.62. The first kappa shape index (κ1) is 16.7. The fraction of sp³-hybridized carbons (Fsp3) is 0.812. The number of thiazole rings is 1. The van der Waals surface area contributed by atoms with Crippen molar-refractivity contribution in [2.75, 3.05) is 25.1 Å². The van der Waals surface area contributed by atoms with Crippen molar-refractivity contribution in [1.29, 1.82) is 0 Å². The van der Waals surface area contributed by atoms with Crippen LogP contribution >= 0.6 is 11.3 Å². The number of anilines is 1. The van der Waals surface area contributed by atoms with Crippen molar-refractivity contribution in [3.8, 4) is 0 Å². The van der Waals surface area contributed by atoms with Crippen LogP contribution in [-0.2, 0) is 17.9 Å². The molecule has 5 heteroatoms. The Morgan fingerprint density at radius 3 is 2.57 bits per heavy atom. The second-order valence-electron chi connectivity index (χ2n) is 6.69. The van der Waals surface area contributed by atoms with Crippen molar-refractivity contribution in [1.82, 2.24) is 10.3 Å². The molecule has 0 amide bonds. The second kappa shape index (κ2) is 7.56. The summed E-state index contributed by atoms with van der Waals surface area (Å²) in [5.74, 6) is 1.50. The quantitative estimate of drug-likeness (QED) is 0.875. The van der Waals surface area contributed by atoms with E-state index >= 15 is 0 Å². The van der Waals surface area contributed by atoms with E-state index in [1.807, 2.05) is 11.3 Å². The molecule has 1 N–H and O–H groups in total. The number of rotatable bonds is 6. The standard InChI is InChI=1S/C16H29N3OS/c1-11(2)17-7-15-14(10-20-5)18-16(21-15)19-8-12(3)6-13(4)9-19/h11-13,17H,6-10H2,1-5H3. The molecule has 0 bridgehead atoms. The highest BCUT2D eigenvalue weighted by atomic mass is 32.1. The average molecular weight is 311 g/mol. The lowest BCUT2D eigenvalue weighted by molar-refractivity contribution is 0.181. The van der Waals surface area contributed by atoms with Crippen LogP contribution in [0.5, 0.6) is 0 Å². The van der Waals surface area contributed by atoms with E-state index in [1.54, 1.807) is 7.11 Å². The zero-order valence-corrected chi connectivity index (χ0v) is 14.8. The Morgan fingerprint density at radius 2 is 2.00 bits per heavy atom. The molecule has 4 nitrogen and oxygen atoms in total. The van der Waals surface area contributed by atoms with Crippen molar-refractivity contribution in [2.45, 2.75) is 53.3 Å². The lowest BCUT2D eigenvalue weighted by Crippen LogP contribution is -2.38. The zero-order valence-electron chi connectivity index (χ0n) is 14.0. The monoisotopic (exact) mass is 311 g/mol. The maximum Gasteiger partial charge on any atom is 0.185 e. The molecular weight excluding hydrogens is 282 g/mol. The van der Waals surface area contributed by atoms with Crippen LogP contribution in [-0.4, -0.2) is 31.2 Å². The highest BCUT2D eigenvalue weighted by Gasteiger charge is 2.25. The number of methoxy groups -OCH3 is 1. The highest BCUT2D eigenvalue weighted by molar-refractivity contribution is 7.15. The number of hydrogen-bond acceptors (Lipinski definition) is 5. The Labute approximate surface area is 132 Å². The molecule has 1 saturated heterocycles. The van der Waals surface area contributed by atoms with E-state index in [2.05, 4.69) is 37.9 Å². The summed E-state index contributed by atoms with van der Waals surface area (Å²) in [6.45, 7) is 12.8. The number of aromatic nitrogens is 1. The largest absolute Gasteiger partial charge is 0.378 e. The molecule has 2 atom stereocenters. The number of nitrogens with one attached hydrogen (secondary N) is 1. The fourth-order valence-electron chi connectivity index (χ4n) is 3.01. The van der Waals surface area contributed by atoms with Gasteiger partial charge >= 0.3 is 0 Å². The number of piperidine rings is 1. The predicted molar refractivity (Wildman–Crippen MR) is 90.0 cm³/mol. The summed E-state index contributed by atoms with van der Waals surface area (Å²) in [5.41, 5.74) is 1.09. The maximum atomic E-state index is 5.32. The van der Waals surface area contributed by atoms with Gasteiger partial charge in [-0.2, -0.15) is 0 Å². The Bertz CT molecular complexity index is 437. The van der Waals surface area contributed by atoms with E-state index in [0.717, 1.165) is 37.2 Å². The molecule has 2 rings (SSSR count). The first-order chi connectivity index (χ1) is 9.99. The molecule has 0 aliphatic carbocycles. The molecular formula is C16H29N3OS. The second-order valence-corrected chi connectivity index (χ2v) is 7.75. The lowest BCUT2D eigenvalue weighted by atomic mass is 9.92. The topological polar surface area (TPSA) is 37.4 Å². The number of ether oxygens (including phenoxy) is 1. The van der Waals surface area contributed by atoms with Gasteiger partial charge in [0.25, 0.3) is 0 Å². The van der Waals surface area contributed by atoms with Gasteiger partial charge in [0.2, 0.25) is 0 Å². The van der Waals surface area contributed by atoms with Crippen molar-refractivity contribution >= 4 is 16.5 Å². The molecule has 1 aliphatic heterocycles. The van der Waals surface area contributed by atoms with Crippen LogP contribution in [0, 0.1) is 11.8 Å². The van der Waals surface area contributed by atoms with E-state index < -0.39 is 0 Å². The van der Waals surface area contributed by atoms with Crippen molar-refractivity contribution in [2.24, 2.45) is 11.8 Å². The molecule has 1 aromatic heterocycles. The van der Waals surface area contributed by atoms with Gasteiger partial charge in [-0.15, -0.1) is 11.3 Å².